The number of anilines is 1. The molecule has 2 aromatic rings. The molecule has 0 atom stereocenters. The van der Waals surface area contributed by atoms with Crippen molar-refractivity contribution in [2.75, 3.05) is 51.4 Å². The Morgan fingerprint density at radius 3 is 2.26 bits per heavy atom. The number of hydrogen-bond donors (Lipinski definition) is 1. The van der Waals surface area contributed by atoms with Gasteiger partial charge in [-0.25, -0.2) is 4.79 Å². The molecular weight excluding hydrogens is 486 g/mol. The molecule has 2 aliphatic rings. The van der Waals surface area contributed by atoms with E-state index in [4.69, 9.17) is 4.74 Å². The molecule has 2 aliphatic heterocycles. The van der Waals surface area contributed by atoms with E-state index in [1.165, 1.54) is 0 Å². The predicted molar refractivity (Wildman–Crippen MR) is 142 cm³/mol. The quantitative estimate of drug-likeness (QED) is 0.534. The molecule has 0 bridgehead atoms. The monoisotopic (exact) mass is 521 g/mol. The molecule has 2 aromatic carbocycles. The molecule has 4 amide bonds. The van der Waals surface area contributed by atoms with Gasteiger partial charge >= 0.3 is 12.0 Å². The van der Waals surface area contributed by atoms with Crippen molar-refractivity contribution in [1.82, 2.24) is 20.0 Å². The molecule has 38 heavy (non-hydrogen) atoms. The van der Waals surface area contributed by atoms with Crippen LogP contribution < -0.4 is 10.2 Å². The lowest BCUT2D eigenvalue weighted by atomic mass is 9.85. The first kappa shape index (κ1) is 27.0. The first-order chi connectivity index (χ1) is 18.3. The number of ether oxygens (including phenoxy) is 1. The first-order valence-corrected chi connectivity index (χ1v) is 12.9. The van der Waals surface area contributed by atoms with Crippen LogP contribution in [0.5, 0.6) is 0 Å². The van der Waals surface area contributed by atoms with E-state index in [-0.39, 0.29) is 37.5 Å². The summed E-state index contributed by atoms with van der Waals surface area (Å²) in [6.07, 6.45) is 0.830. The van der Waals surface area contributed by atoms with Crippen LogP contribution in [0.2, 0.25) is 0 Å². The van der Waals surface area contributed by atoms with E-state index >= 15 is 0 Å². The van der Waals surface area contributed by atoms with E-state index in [9.17, 15) is 19.2 Å². The zero-order valence-corrected chi connectivity index (χ0v) is 22.0. The van der Waals surface area contributed by atoms with Crippen LogP contribution in [0.15, 0.2) is 60.7 Å². The summed E-state index contributed by atoms with van der Waals surface area (Å²) in [5.74, 6) is -0.731. The molecule has 0 saturated carbocycles. The highest BCUT2D eigenvalue weighted by Crippen LogP contribution is 2.39. The highest BCUT2D eigenvalue weighted by molar-refractivity contribution is 5.96. The Labute approximate surface area is 223 Å². The van der Waals surface area contributed by atoms with E-state index in [0.29, 0.717) is 39.1 Å². The standard InChI is InChI=1S/C28H35N5O5/c1-3-38-25(35)18-29-27(37)31-16-14-28(15-17-31)26(36)32(21-33(28)23-12-8-5-9-13-23)20-24(34)30(2)19-22-10-6-4-7-11-22/h4-13H,3,14-21H2,1-2H3,(H,29,37). The van der Waals surface area contributed by atoms with Gasteiger partial charge in [-0.05, 0) is 37.5 Å². The molecule has 10 heteroatoms. The molecule has 0 unspecified atom stereocenters. The normalized spacial score (nSPS) is 16.5. The Balaban J connectivity index is 1.44. The summed E-state index contributed by atoms with van der Waals surface area (Å²) in [4.78, 5) is 58.1. The second-order valence-electron chi connectivity index (χ2n) is 9.63. The molecule has 0 aliphatic carbocycles. The van der Waals surface area contributed by atoms with Crippen LogP contribution in [0, 0.1) is 0 Å². The number of hydrogen-bond acceptors (Lipinski definition) is 6. The van der Waals surface area contributed by atoms with Crippen LogP contribution in [0.4, 0.5) is 10.5 Å². The third-order valence-corrected chi connectivity index (χ3v) is 7.16. The Morgan fingerprint density at radius 1 is 1.00 bits per heavy atom. The summed E-state index contributed by atoms with van der Waals surface area (Å²) in [5, 5.41) is 2.59. The highest BCUT2D eigenvalue weighted by atomic mass is 16.5. The lowest BCUT2D eigenvalue weighted by Gasteiger charge is -2.43. The number of urea groups is 1. The number of para-hydroxylation sites is 1. The maximum absolute atomic E-state index is 13.9. The Bertz CT molecular complexity index is 1130. The Kier molecular flexibility index (Phi) is 8.50. The fourth-order valence-corrected chi connectivity index (χ4v) is 5.10. The summed E-state index contributed by atoms with van der Waals surface area (Å²) in [6.45, 7) is 3.19. The average molecular weight is 522 g/mol. The fraction of sp³-hybridized carbons (Fsp3) is 0.429. The zero-order valence-electron chi connectivity index (χ0n) is 22.0. The summed E-state index contributed by atoms with van der Waals surface area (Å²) in [6, 6.07) is 19.1. The third kappa shape index (κ3) is 5.90. The van der Waals surface area contributed by atoms with Crippen LogP contribution in [0.1, 0.15) is 25.3 Å². The number of carbonyl (C=O) groups excluding carboxylic acids is 4. The topological polar surface area (TPSA) is 102 Å². The molecule has 0 radical (unpaired) electrons. The minimum Gasteiger partial charge on any atom is -0.465 e. The second kappa shape index (κ2) is 12.0. The molecule has 2 heterocycles. The summed E-state index contributed by atoms with van der Waals surface area (Å²) in [7, 11) is 1.74. The third-order valence-electron chi connectivity index (χ3n) is 7.16. The van der Waals surface area contributed by atoms with Crippen molar-refractivity contribution in [3.8, 4) is 0 Å². The van der Waals surface area contributed by atoms with Crippen LogP contribution in [-0.4, -0.2) is 90.6 Å². The van der Waals surface area contributed by atoms with Gasteiger partial charge in [-0.2, -0.15) is 0 Å². The van der Waals surface area contributed by atoms with Gasteiger partial charge in [-0.3, -0.25) is 14.4 Å². The van der Waals surface area contributed by atoms with Gasteiger partial charge in [0.05, 0.1) is 13.3 Å². The van der Waals surface area contributed by atoms with Crippen molar-refractivity contribution < 1.29 is 23.9 Å². The number of benzene rings is 2. The number of carbonyl (C=O) groups is 4. The van der Waals surface area contributed by atoms with Crippen molar-refractivity contribution >= 4 is 29.5 Å². The van der Waals surface area contributed by atoms with Crippen LogP contribution in [0.25, 0.3) is 0 Å². The largest absolute Gasteiger partial charge is 0.465 e. The molecule has 4 rings (SSSR count). The lowest BCUT2D eigenvalue weighted by molar-refractivity contribution is -0.141. The van der Waals surface area contributed by atoms with Crippen molar-refractivity contribution in [1.29, 1.82) is 0 Å². The summed E-state index contributed by atoms with van der Waals surface area (Å²) in [5.41, 5.74) is 1.07. The van der Waals surface area contributed by atoms with E-state index in [1.54, 1.807) is 28.7 Å². The molecule has 2 fully saturated rings. The first-order valence-electron chi connectivity index (χ1n) is 12.9. The van der Waals surface area contributed by atoms with E-state index in [2.05, 4.69) is 10.2 Å². The Morgan fingerprint density at radius 2 is 1.63 bits per heavy atom. The number of nitrogens with one attached hydrogen (secondary N) is 1. The number of likely N-dealkylation sites (tertiary alicyclic amines) is 1. The van der Waals surface area contributed by atoms with Crippen molar-refractivity contribution in [3.63, 3.8) is 0 Å². The summed E-state index contributed by atoms with van der Waals surface area (Å²) < 4.78 is 4.87. The average Bonchev–Trinajstić information content (AvgIpc) is 3.19. The molecule has 0 aromatic heterocycles. The molecule has 1 N–H and O–H groups in total. The van der Waals surface area contributed by atoms with Crippen LogP contribution in [0.3, 0.4) is 0 Å². The molecule has 1 spiro atoms. The molecule has 10 nitrogen and oxygen atoms in total. The van der Waals surface area contributed by atoms with E-state index in [0.717, 1.165) is 11.3 Å². The van der Waals surface area contributed by atoms with Gasteiger partial charge in [0.1, 0.15) is 18.6 Å². The van der Waals surface area contributed by atoms with Gasteiger partial charge < -0.3 is 29.7 Å². The second-order valence-corrected chi connectivity index (χ2v) is 9.63. The predicted octanol–water partition coefficient (Wildman–Crippen LogP) is 2.06. The fourth-order valence-electron chi connectivity index (χ4n) is 5.10. The van der Waals surface area contributed by atoms with Crippen LogP contribution >= 0.6 is 0 Å². The SMILES string of the molecule is CCOC(=O)CNC(=O)N1CCC2(CC1)C(=O)N(CC(=O)N(C)Cc1ccccc1)CN2c1ccccc1. The van der Waals surface area contributed by atoms with E-state index < -0.39 is 11.5 Å². The number of esters is 1. The van der Waals surface area contributed by atoms with Gasteiger partial charge in [0.15, 0.2) is 0 Å². The number of rotatable bonds is 8. The van der Waals surface area contributed by atoms with Gasteiger partial charge in [-0.15, -0.1) is 0 Å². The van der Waals surface area contributed by atoms with Crippen LogP contribution in [-0.2, 0) is 25.7 Å². The minimum atomic E-state index is -0.850. The van der Waals surface area contributed by atoms with Gasteiger partial charge in [-0.1, -0.05) is 48.5 Å². The van der Waals surface area contributed by atoms with Gasteiger partial charge in [0, 0.05) is 32.4 Å². The molecule has 2 saturated heterocycles. The van der Waals surface area contributed by atoms with Gasteiger partial charge in [0.2, 0.25) is 5.91 Å². The Hall–Kier alpha value is -4.08. The minimum absolute atomic E-state index is 0.0169. The maximum atomic E-state index is 13.9. The summed E-state index contributed by atoms with van der Waals surface area (Å²) >= 11 is 0. The zero-order chi connectivity index (χ0) is 27.1. The smallest absolute Gasteiger partial charge is 0.325 e. The molecular formula is C28H35N5O5. The number of amides is 4. The van der Waals surface area contributed by atoms with Crippen molar-refractivity contribution in [3.05, 3.63) is 66.2 Å². The number of nitrogens with zero attached hydrogens (tertiary/aromatic N) is 4. The molecule has 202 valence electrons. The number of piperidine rings is 1. The van der Waals surface area contributed by atoms with Gasteiger partial charge in [0.25, 0.3) is 5.91 Å². The van der Waals surface area contributed by atoms with Crippen molar-refractivity contribution in [2.45, 2.75) is 31.8 Å². The van der Waals surface area contributed by atoms with Crippen molar-refractivity contribution in [2.24, 2.45) is 0 Å². The lowest BCUT2D eigenvalue weighted by Crippen LogP contribution is -2.58. The highest BCUT2D eigenvalue weighted by Gasteiger charge is 2.54. The van der Waals surface area contributed by atoms with E-state index in [1.807, 2.05) is 60.7 Å². The number of likely N-dealkylation sites (N-methyl/N-ethyl adjacent to an activating group) is 1. The maximum Gasteiger partial charge on any atom is 0.325 e.